The number of halogens is 1. The van der Waals surface area contributed by atoms with E-state index in [2.05, 4.69) is 59.4 Å². The lowest BCUT2D eigenvalue weighted by atomic mass is 9.73. The van der Waals surface area contributed by atoms with Crippen molar-refractivity contribution in [3.63, 3.8) is 0 Å². The lowest BCUT2D eigenvalue weighted by molar-refractivity contribution is 0.224. The molecule has 3 rings (SSSR count). The second-order valence-electron chi connectivity index (χ2n) is 6.52. The van der Waals surface area contributed by atoms with E-state index in [4.69, 9.17) is 4.98 Å². The summed E-state index contributed by atoms with van der Waals surface area (Å²) >= 11 is 5.31. The van der Waals surface area contributed by atoms with Crippen molar-refractivity contribution in [3.8, 4) is 11.3 Å². The number of rotatable bonds is 2. The highest BCUT2D eigenvalue weighted by atomic mass is 79.9. The zero-order valence-electron chi connectivity index (χ0n) is 12.0. The van der Waals surface area contributed by atoms with Crippen molar-refractivity contribution in [2.75, 3.05) is 0 Å². The molecule has 0 atom stereocenters. The highest BCUT2D eigenvalue weighted by molar-refractivity contribution is 9.10. The van der Waals surface area contributed by atoms with E-state index in [1.165, 1.54) is 36.3 Å². The van der Waals surface area contributed by atoms with Crippen LogP contribution in [0.1, 0.15) is 50.5 Å². The highest BCUT2D eigenvalue weighted by Crippen LogP contribution is 2.43. The van der Waals surface area contributed by atoms with Crippen molar-refractivity contribution in [2.24, 2.45) is 5.41 Å². The molecule has 0 spiro atoms. The standard InChI is InChI=1S/C17H20BrNS/c1-17(2)9-7-13(8-10-17)16-19-15(11-20-16)12-3-5-14(18)6-4-12/h3-6,11,13H,7-10H2,1-2H3. The molecule has 0 unspecified atom stereocenters. The third-order valence-electron chi connectivity index (χ3n) is 4.35. The monoisotopic (exact) mass is 349 g/mol. The summed E-state index contributed by atoms with van der Waals surface area (Å²) in [5.74, 6) is 0.678. The number of aromatic nitrogens is 1. The molecule has 0 amide bonds. The summed E-state index contributed by atoms with van der Waals surface area (Å²) in [7, 11) is 0. The van der Waals surface area contributed by atoms with Gasteiger partial charge in [-0.1, -0.05) is 41.9 Å². The van der Waals surface area contributed by atoms with Gasteiger partial charge >= 0.3 is 0 Å². The molecule has 20 heavy (non-hydrogen) atoms. The Hall–Kier alpha value is -0.670. The smallest absolute Gasteiger partial charge is 0.0963 e. The molecule has 2 aromatic rings. The van der Waals surface area contributed by atoms with Crippen molar-refractivity contribution in [2.45, 2.75) is 45.4 Å². The van der Waals surface area contributed by atoms with E-state index in [-0.39, 0.29) is 0 Å². The lowest BCUT2D eigenvalue weighted by Gasteiger charge is -2.33. The lowest BCUT2D eigenvalue weighted by Crippen LogP contribution is -2.20. The number of thiazole rings is 1. The maximum absolute atomic E-state index is 4.88. The van der Waals surface area contributed by atoms with E-state index in [0.29, 0.717) is 11.3 Å². The molecule has 1 aromatic heterocycles. The molecule has 0 saturated heterocycles. The molecule has 1 aromatic carbocycles. The maximum Gasteiger partial charge on any atom is 0.0963 e. The van der Waals surface area contributed by atoms with Crippen molar-refractivity contribution < 1.29 is 0 Å². The van der Waals surface area contributed by atoms with E-state index in [1.54, 1.807) is 0 Å². The van der Waals surface area contributed by atoms with Crippen LogP contribution in [0.2, 0.25) is 0 Å². The summed E-state index contributed by atoms with van der Waals surface area (Å²) in [4.78, 5) is 4.88. The summed E-state index contributed by atoms with van der Waals surface area (Å²) in [6.45, 7) is 4.77. The minimum absolute atomic E-state index is 0.530. The highest BCUT2D eigenvalue weighted by Gasteiger charge is 2.29. The van der Waals surface area contributed by atoms with Gasteiger partial charge in [0.1, 0.15) is 0 Å². The largest absolute Gasteiger partial charge is 0.241 e. The number of hydrogen-bond donors (Lipinski definition) is 0. The quantitative estimate of drug-likeness (QED) is 0.623. The Kier molecular flexibility index (Phi) is 4.00. The Bertz CT molecular complexity index is 575. The number of benzene rings is 1. The molecular weight excluding hydrogens is 330 g/mol. The summed E-state index contributed by atoms with van der Waals surface area (Å²) in [5, 5.41) is 3.54. The van der Waals surface area contributed by atoms with Crippen LogP contribution in [0, 0.1) is 5.41 Å². The van der Waals surface area contributed by atoms with Crippen LogP contribution in [0.3, 0.4) is 0 Å². The molecule has 0 radical (unpaired) electrons. The minimum atomic E-state index is 0.530. The van der Waals surface area contributed by atoms with Crippen LogP contribution in [-0.4, -0.2) is 4.98 Å². The average molecular weight is 350 g/mol. The normalized spacial score (nSPS) is 19.1. The van der Waals surface area contributed by atoms with E-state index >= 15 is 0 Å². The Morgan fingerprint density at radius 3 is 2.45 bits per heavy atom. The SMILES string of the molecule is CC1(C)CCC(c2nc(-c3ccc(Br)cc3)cs2)CC1. The Balaban J connectivity index is 1.76. The van der Waals surface area contributed by atoms with Gasteiger partial charge in [0.25, 0.3) is 0 Å². The summed E-state index contributed by atoms with van der Waals surface area (Å²) in [6.07, 6.45) is 5.23. The second kappa shape index (κ2) is 5.61. The number of nitrogens with zero attached hydrogens (tertiary/aromatic N) is 1. The van der Waals surface area contributed by atoms with Gasteiger partial charge in [0.05, 0.1) is 10.7 Å². The van der Waals surface area contributed by atoms with Crippen LogP contribution in [0.5, 0.6) is 0 Å². The molecule has 3 heteroatoms. The van der Waals surface area contributed by atoms with Gasteiger partial charge in [0, 0.05) is 21.3 Å². The third-order valence-corrected chi connectivity index (χ3v) is 5.89. The van der Waals surface area contributed by atoms with Gasteiger partial charge < -0.3 is 0 Å². The first-order valence-corrected chi connectivity index (χ1v) is 8.92. The molecule has 0 bridgehead atoms. The van der Waals surface area contributed by atoms with E-state index in [9.17, 15) is 0 Å². The maximum atomic E-state index is 4.88. The van der Waals surface area contributed by atoms with Crippen LogP contribution < -0.4 is 0 Å². The summed E-state index contributed by atoms with van der Waals surface area (Å²) in [5.41, 5.74) is 2.87. The summed E-state index contributed by atoms with van der Waals surface area (Å²) in [6, 6.07) is 8.43. The van der Waals surface area contributed by atoms with Gasteiger partial charge in [0.15, 0.2) is 0 Å². The molecule has 1 saturated carbocycles. The van der Waals surface area contributed by atoms with Gasteiger partial charge in [-0.3, -0.25) is 0 Å². The minimum Gasteiger partial charge on any atom is -0.241 e. The van der Waals surface area contributed by atoms with Gasteiger partial charge in [-0.2, -0.15) is 0 Å². The van der Waals surface area contributed by atoms with Crippen LogP contribution in [0.15, 0.2) is 34.1 Å². The predicted octanol–water partition coefficient (Wildman–Crippen LogP) is 6.26. The van der Waals surface area contributed by atoms with Crippen molar-refractivity contribution in [1.29, 1.82) is 0 Å². The Morgan fingerprint density at radius 1 is 1.15 bits per heavy atom. The fourth-order valence-corrected chi connectivity index (χ4v) is 4.14. The Morgan fingerprint density at radius 2 is 1.80 bits per heavy atom. The first-order valence-electron chi connectivity index (χ1n) is 7.25. The van der Waals surface area contributed by atoms with Gasteiger partial charge in [0.2, 0.25) is 0 Å². The fourth-order valence-electron chi connectivity index (χ4n) is 2.87. The van der Waals surface area contributed by atoms with Crippen molar-refractivity contribution in [3.05, 3.63) is 39.1 Å². The molecule has 1 aliphatic rings. The first kappa shape index (κ1) is 14.3. The van der Waals surface area contributed by atoms with Crippen molar-refractivity contribution in [1.82, 2.24) is 4.98 Å². The zero-order valence-corrected chi connectivity index (χ0v) is 14.4. The molecule has 0 aliphatic heterocycles. The molecule has 1 heterocycles. The van der Waals surface area contributed by atoms with Crippen LogP contribution in [0.25, 0.3) is 11.3 Å². The van der Waals surface area contributed by atoms with Crippen molar-refractivity contribution >= 4 is 27.3 Å². The molecule has 1 nitrogen and oxygen atoms in total. The van der Waals surface area contributed by atoms with E-state index in [0.717, 1.165) is 10.2 Å². The first-order chi connectivity index (χ1) is 9.53. The fraction of sp³-hybridized carbons (Fsp3) is 0.471. The predicted molar refractivity (Wildman–Crippen MR) is 90.2 cm³/mol. The Labute approximate surface area is 133 Å². The third kappa shape index (κ3) is 3.15. The van der Waals surface area contributed by atoms with Gasteiger partial charge in [-0.25, -0.2) is 4.98 Å². The second-order valence-corrected chi connectivity index (χ2v) is 8.32. The van der Waals surface area contributed by atoms with Crippen LogP contribution in [0.4, 0.5) is 0 Å². The average Bonchev–Trinajstić information content (AvgIpc) is 2.89. The molecule has 1 fully saturated rings. The van der Waals surface area contributed by atoms with Gasteiger partial charge in [-0.05, 0) is 43.2 Å². The van der Waals surface area contributed by atoms with Crippen LogP contribution >= 0.6 is 27.3 Å². The number of hydrogen-bond acceptors (Lipinski definition) is 2. The van der Waals surface area contributed by atoms with Crippen LogP contribution in [-0.2, 0) is 0 Å². The van der Waals surface area contributed by atoms with E-state index in [1.807, 2.05) is 11.3 Å². The molecule has 106 valence electrons. The van der Waals surface area contributed by atoms with Gasteiger partial charge in [-0.15, -0.1) is 11.3 Å². The molecule has 1 aliphatic carbocycles. The topological polar surface area (TPSA) is 12.9 Å². The molecule has 0 N–H and O–H groups in total. The summed E-state index contributed by atoms with van der Waals surface area (Å²) < 4.78 is 1.12. The van der Waals surface area contributed by atoms with E-state index < -0.39 is 0 Å². The molecular formula is C17H20BrNS. The zero-order chi connectivity index (χ0) is 14.2.